The van der Waals surface area contributed by atoms with Crippen molar-refractivity contribution in [3.8, 4) is 0 Å². The Kier molecular flexibility index (Phi) is 43.9. The van der Waals surface area contributed by atoms with E-state index in [1.54, 1.807) is 6.08 Å². The molecule has 0 bridgehead atoms. The molecule has 0 spiro atoms. The Morgan fingerprint density at radius 2 is 0.778 bits per heavy atom. The van der Waals surface area contributed by atoms with Crippen LogP contribution in [0.1, 0.15) is 232 Å². The lowest BCUT2D eigenvalue weighted by Gasteiger charge is -2.19. The molecule has 1 amide bonds. The van der Waals surface area contributed by atoms with Crippen LogP contribution in [0.4, 0.5) is 0 Å². The maximum atomic E-state index is 12.4. The first-order chi connectivity index (χ1) is 26.7. The molecule has 0 heterocycles. The van der Waals surface area contributed by atoms with Gasteiger partial charge in [0.15, 0.2) is 0 Å². The van der Waals surface area contributed by atoms with Gasteiger partial charge >= 0.3 is 0 Å². The van der Waals surface area contributed by atoms with Crippen molar-refractivity contribution in [3.05, 3.63) is 60.8 Å². The summed E-state index contributed by atoms with van der Waals surface area (Å²) < 4.78 is 0. The van der Waals surface area contributed by atoms with E-state index in [2.05, 4.69) is 67.8 Å². The Morgan fingerprint density at radius 1 is 0.444 bits per heavy atom. The van der Waals surface area contributed by atoms with Crippen molar-refractivity contribution in [2.24, 2.45) is 0 Å². The molecule has 0 radical (unpaired) electrons. The molecule has 0 aliphatic rings. The fraction of sp³-hybridized carbons (Fsp3) is 0.780. The van der Waals surface area contributed by atoms with E-state index in [-0.39, 0.29) is 12.5 Å². The highest BCUT2D eigenvalue weighted by Gasteiger charge is 2.17. The van der Waals surface area contributed by atoms with Crippen molar-refractivity contribution in [3.63, 3.8) is 0 Å². The molecule has 0 aliphatic heterocycles. The fourth-order valence-corrected chi connectivity index (χ4v) is 6.85. The summed E-state index contributed by atoms with van der Waals surface area (Å²) in [5.74, 6) is -0.0762. The van der Waals surface area contributed by atoms with Gasteiger partial charge in [0.2, 0.25) is 5.91 Å². The number of hydrogen-bond acceptors (Lipinski definition) is 3. The molecule has 2 atom stereocenters. The third kappa shape index (κ3) is 41.3. The molecule has 0 saturated heterocycles. The van der Waals surface area contributed by atoms with Crippen LogP contribution in [0.2, 0.25) is 0 Å². The number of nitrogens with one attached hydrogen (secondary N) is 1. The van der Waals surface area contributed by atoms with Gasteiger partial charge < -0.3 is 15.5 Å². The predicted molar refractivity (Wildman–Crippen MR) is 239 cm³/mol. The second-order valence-electron chi connectivity index (χ2n) is 15.8. The highest BCUT2D eigenvalue weighted by Crippen LogP contribution is 2.15. The van der Waals surface area contributed by atoms with Crippen molar-refractivity contribution < 1.29 is 15.0 Å². The molecule has 0 aromatic rings. The number of hydrogen-bond donors (Lipinski definition) is 3. The average Bonchev–Trinajstić information content (AvgIpc) is 3.18. The SMILES string of the molecule is CCCCCCC/C=C\C/C=C\C/C=C\CCCCCCCCCCCCCCCCCCC(=O)NC(CO)C(O)/C=C/CC/C=C/CCCCCCC. The minimum Gasteiger partial charge on any atom is -0.394 e. The summed E-state index contributed by atoms with van der Waals surface area (Å²) in [7, 11) is 0. The zero-order chi connectivity index (χ0) is 39.3. The molecule has 0 aliphatic carbocycles. The molecule has 4 nitrogen and oxygen atoms in total. The van der Waals surface area contributed by atoms with Crippen molar-refractivity contribution in [2.45, 2.75) is 244 Å². The Bertz CT molecular complexity index is 904. The normalized spacial score (nSPS) is 13.5. The van der Waals surface area contributed by atoms with Gasteiger partial charge in [0.25, 0.3) is 0 Å². The molecule has 0 saturated carbocycles. The summed E-state index contributed by atoms with van der Waals surface area (Å²) in [5.41, 5.74) is 0. The number of rotatable bonds is 42. The molecule has 54 heavy (non-hydrogen) atoms. The van der Waals surface area contributed by atoms with Gasteiger partial charge in [0.1, 0.15) is 0 Å². The van der Waals surface area contributed by atoms with Crippen molar-refractivity contribution in [2.75, 3.05) is 6.61 Å². The van der Waals surface area contributed by atoms with Gasteiger partial charge in [-0.1, -0.05) is 216 Å². The molecule has 2 unspecified atom stereocenters. The molecular weight excluding hydrogens is 663 g/mol. The van der Waals surface area contributed by atoms with Crippen LogP contribution in [0, 0.1) is 0 Å². The van der Waals surface area contributed by atoms with Gasteiger partial charge in [-0.05, 0) is 70.6 Å². The largest absolute Gasteiger partial charge is 0.394 e. The van der Waals surface area contributed by atoms with Gasteiger partial charge in [-0.3, -0.25) is 4.79 Å². The molecular formula is C50H91NO3. The topological polar surface area (TPSA) is 69.6 Å². The number of carbonyl (C=O) groups is 1. The van der Waals surface area contributed by atoms with Crippen LogP contribution in [0.15, 0.2) is 60.8 Å². The Balaban J connectivity index is 3.50. The lowest BCUT2D eigenvalue weighted by Crippen LogP contribution is -2.45. The van der Waals surface area contributed by atoms with E-state index in [9.17, 15) is 15.0 Å². The van der Waals surface area contributed by atoms with Crippen molar-refractivity contribution >= 4 is 5.91 Å². The average molecular weight is 754 g/mol. The first-order valence-corrected chi connectivity index (χ1v) is 23.5. The summed E-state index contributed by atoms with van der Waals surface area (Å²) in [4.78, 5) is 12.4. The molecule has 0 rings (SSSR count). The van der Waals surface area contributed by atoms with Crippen LogP contribution in [-0.2, 0) is 4.79 Å². The van der Waals surface area contributed by atoms with E-state index in [4.69, 9.17) is 0 Å². The van der Waals surface area contributed by atoms with Crippen molar-refractivity contribution in [1.82, 2.24) is 5.32 Å². The van der Waals surface area contributed by atoms with Crippen LogP contribution in [0.3, 0.4) is 0 Å². The second-order valence-corrected chi connectivity index (χ2v) is 15.8. The smallest absolute Gasteiger partial charge is 0.220 e. The Hall–Kier alpha value is -1.91. The Morgan fingerprint density at radius 3 is 1.20 bits per heavy atom. The fourth-order valence-electron chi connectivity index (χ4n) is 6.85. The van der Waals surface area contributed by atoms with E-state index in [1.165, 1.54) is 167 Å². The number of allylic oxidation sites excluding steroid dienone is 9. The van der Waals surface area contributed by atoms with E-state index in [0.29, 0.717) is 6.42 Å². The van der Waals surface area contributed by atoms with E-state index < -0.39 is 12.1 Å². The van der Waals surface area contributed by atoms with Gasteiger partial charge in [0.05, 0.1) is 18.8 Å². The third-order valence-electron chi connectivity index (χ3n) is 10.5. The molecule has 4 heteroatoms. The maximum absolute atomic E-state index is 12.4. The van der Waals surface area contributed by atoms with E-state index in [0.717, 1.165) is 44.9 Å². The van der Waals surface area contributed by atoms with Gasteiger partial charge in [0, 0.05) is 6.42 Å². The number of unbranched alkanes of at least 4 members (excludes halogenated alkanes) is 27. The van der Waals surface area contributed by atoms with Crippen LogP contribution < -0.4 is 5.32 Å². The van der Waals surface area contributed by atoms with Crippen molar-refractivity contribution in [1.29, 1.82) is 0 Å². The van der Waals surface area contributed by atoms with Crippen LogP contribution in [-0.4, -0.2) is 34.9 Å². The number of aliphatic hydroxyl groups is 2. The monoisotopic (exact) mass is 754 g/mol. The lowest BCUT2D eigenvalue weighted by molar-refractivity contribution is -0.123. The third-order valence-corrected chi connectivity index (χ3v) is 10.5. The number of amides is 1. The highest BCUT2D eigenvalue weighted by molar-refractivity contribution is 5.76. The summed E-state index contributed by atoms with van der Waals surface area (Å²) in [6.45, 7) is 4.26. The summed E-state index contributed by atoms with van der Waals surface area (Å²) in [5, 5.41) is 22.9. The number of aliphatic hydroxyl groups excluding tert-OH is 2. The van der Waals surface area contributed by atoms with E-state index >= 15 is 0 Å². The molecule has 314 valence electrons. The zero-order valence-electron chi connectivity index (χ0n) is 36.0. The minimum absolute atomic E-state index is 0.0762. The minimum atomic E-state index is -0.861. The van der Waals surface area contributed by atoms with Crippen LogP contribution in [0.5, 0.6) is 0 Å². The van der Waals surface area contributed by atoms with Gasteiger partial charge in [-0.2, -0.15) is 0 Å². The van der Waals surface area contributed by atoms with Crippen LogP contribution >= 0.6 is 0 Å². The first-order valence-electron chi connectivity index (χ1n) is 23.5. The summed E-state index contributed by atoms with van der Waals surface area (Å²) >= 11 is 0. The maximum Gasteiger partial charge on any atom is 0.220 e. The Labute approximate surface area is 336 Å². The lowest BCUT2D eigenvalue weighted by atomic mass is 10.0. The highest BCUT2D eigenvalue weighted by atomic mass is 16.3. The summed E-state index contributed by atoms with van der Waals surface area (Å²) in [6, 6.07) is -0.638. The first kappa shape index (κ1) is 52.1. The molecule has 0 fully saturated rings. The van der Waals surface area contributed by atoms with E-state index in [1.807, 2.05) is 6.08 Å². The molecule has 0 aromatic heterocycles. The number of carbonyl (C=O) groups excluding carboxylic acids is 1. The molecule has 0 aromatic carbocycles. The standard InChI is InChI=1S/C50H91NO3/c1-3-5-7-9-11-13-15-16-17-18-19-20-21-22-23-24-25-26-27-28-29-30-31-32-33-34-36-38-40-42-44-46-50(54)51-48(47-52)49(53)45-43-41-39-37-35-14-12-10-8-6-4-2/h15-16,18-19,21-22,35,37,43,45,48-49,52-53H,3-14,17,20,23-34,36,38-42,44,46-47H2,1-2H3,(H,51,54)/b16-15-,19-18-,22-21-,37-35+,45-43+. The predicted octanol–water partition coefficient (Wildman–Crippen LogP) is 14.9. The quantitative estimate of drug-likeness (QED) is 0.0429. The molecule has 3 N–H and O–H groups in total. The summed E-state index contributed by atoms with van der Waals surface area (Å²) in [6.07, 6.45) is 63.5. The second kappa shape index (κ2) is 45.5. The van der Waals surface area contributed by atoms with Gasteiger partial charge in [-0.25, -0.2) is 0 Å². The zero-order valence-corrected chi connectivity index (χ0v) is 36.0. The van der Waals surface area contributed by atoms with Gasteiger partial charge in [-0.15, -0.1) is 0 Å². The van der Waals surface area contributed by atoms with Crippen LogP contribution in [0.25, 0.3) is 0 Å².